The molecule has 2 saturated carbocycles. The number of fused-ring (bicyclic) bond motifs is 2. The zero-order chi connectivity index (χ0) is 24.8. The first-order chi connectivity index (χ1) is 16.1. The van der Waals surface area contributed by atoms with Crippen molar-refractivity contribution in [2.75, 3.05) is 6.54 Å². The van der Waals surface area contributed by atoms with Gasteiger partial charge in [0.25, 0.3) is 0 Å². The Balaban J connectivity index is 1.33. The van der Waals surface area contributed by atoms with Crippen molar-refractivity contribution >= 4 is 11.7 Å². The Bertz CT molecular complexity index is 714. The van der Waals surface area contributed by atoms with Crippen molar-refractivity contribution in [2.24, 2.45) is 22.7 Å². The van der Waals surface area contributed by atoms with Crippen LogP contribution >= 0.6 is 0 Å². The topological polar surface area (TPSA) is 57.6 Å². The fourth-order valence-electron chi connectivity index (χ4n) is 7.40. The van der Waals surface area contributed by atoms with Gasteiger partial charge >= 0.3 is 0 Å². The number of aliphatic hydroxyl groups excluding tert-OH is 1. The molecule has 34 heavy (non-hydrogen) atoms. The van der Waals surface area contributed by atoms with E-state index in [9.17, 15) is 14.7 Å². The molecule has 0 spiro atoms. The number of Topliss-reactive ketones (excluding diaryl/α,β-unsaturated/α-hetero) is 1. The van der Waals surface area contributed by atoms with Crippen LogP contribution in [0.2, 0.25) is 0 Å². The summed E-state index contributed by atoms with van der Waals surface area (Å²) in [7, 11) is 0. The second-order valence-corrected chi connectivity index (χ2v) is 12.9. The highest BCUT2D eigenvalue weighted by Crippen LogP contribution is 2.52. The van der Waals surface area contributed by atoms with E-state index in [4.69, 9.17) is 0 Å². The Kier molecular flexibility index (Phi) is 9.83. The minimum Gasteiger partial charge on any atom is -0.389 e. The van der Waals surface area contributed by atoms with Gasteiger partial charge in [-0.25, -0.2) is 0 Å². The third-order valence-electron chi connectivity index (χ3n) is 8.73. The summed E-state index contributed by atoms with van der Waals surface area (Å²) in [5.41, 5.74) is 0.664. The maximum Gasteiger partial charge on any atom is 0.222 e. The second-order valence-electron chi connectivity index (χ2n) is 12.9. The van der Waals surface area contributed by atoms with Gasteiger partial charge in [0, 0.05) is 31.3 Å². The van der Waals surface area contributed by atoms with Gasteiger partial charge in [-0.2, -0.15) is 0 Å². The van der Waals surface area contributed by atoms with Crippen LogP contribution in [0, 0.1) is 22.7 Å². The molecule has 0 radical (unpaired) electrons. The number of allylic oxidation sites excluding steroid dienone is 1. The molecule has 1 saturated heterocycles. The summed E-state index contributed by atoms with van der Waals surface area (Å²) in [6, 6.07) is 0.449. The van der Waals surface area contributed by atoms with Crippen LogP contribution in [0.5, 0.6) is 0 Å². The number of rotatable bonds is 13. The van der Waals surface area contributed by atoms with Crippen molar-refractivity contribution in [3.05, 3.63) is 12.2 Å². The molecular weight excluding hydrogens is 422 g/mol. The molecule has 0 aromatic carbocycles. The minimum atomic E-state index is -0.371. The summed E-state index contributed by atoms with van der Waals surface area (Å²) in [5.74, 6) is 1.20. The van der Waals surface area contributed by atoms with Crippen molar-refractivity contribution < 1.29 is 14.7 Å². The van der Waals surface area contributed by atoms with Crippen LogP contribution in [0.4, 0.5) is 0 Å². The molecule has 0 aromatic rings. The average Bonchev–Trinajstić information content (AvgIpc) is 3.23. The van der Waals surface area contributed by atoms with Crippen molar-refractivity contribution in [1.29, 1.82) is 0 Å². The maximum atomic E-state index is 12.9. The Labute approximate surface area is 208 Å². The van der Waals surface area contributed by atoms with Crippen LogP contribution in [0.25, 0.3) is 0 Å². The molecule has 3 rings (SSSR count). The predicted octanol–water partition coefficient (Wildman–Crippen LogP) is 6.85. The number of unbranched alkanes of at least 4 members (excludes halogenated alkanes) is 5. The molecule has 3 aliphatic rings. The Morgan fingerprint density at radius 2 is 1.88 bits per heavy atom. The molecule has 5 atom stereocenters. The lowest BCUT2D eigenvalue weighted by molar-refractivity contribution is -0.132. The highest BCUT2D eigenvalue weighted by molar-refractivity contribution is 5.83. The number of carbonyl (C=O) groups is 2. The van der Waals surface area contributed by atoms with E-state index in [0.717, 1.165) is 70.8 Å². The second kappa shape index (κ2) is 12.2. The van der Waals surface area contributed by atoms with Gasteiger partial charge in [0.2, 0.25) is 5.91 Å². The molecule has 1 aliphatic heterocycles. The van der Waals surface area contributed by atoms with E-state index in [0.29, 0.717) is 47.3 Å². The monoisotopic (exact) mass is 473 g/mol. The lowest BCUT2D eigenvalue weighted by Gasteiger charge is -2.39. The zero-order valence-electron chi connectivity index (χ0n) is 22.5. The summed E-state index contributed by atoms with van der Waals surface area (Å²) >= 11 is 0. The van der Waals surface area contributed by atoms with E-state index in [1.54, 1.807) is 0 Å². The summed E-state index contributed by atoms with van der Waals surface area (Å²) in [6.07, 6.45) is 18.9. The van der Waals surface area contributed by atoms with Gasteiger partial charge < -0.3 is 10.0 Å². The smallest absolute Gasteiger partial charge is 0.222 e. The van der Waals surface area contributed by atoms with E-state index in [2.05, 4.69) is 38.7 Å². The number of hydrogen-bond donors (Lipinski definition) is 1. The first-order valence-corrected chi connectivity index (χ1v) is 14.3. The molecule has 1 heterocycles. The van der Waals surface area contributed by atoms with Gasteiger partial charge in [0.15, 0.2) is 0 Å². The van der Waals surface area contributed by atoms with Crippen LogP contribution in [0.3, 0.4) is 0 Å². The Morgan fingerprint density at radius 3 is 2.65 bits per heavy atom. The Morgan fingerprint density at radius 1 is 1.12 bits per heavy atom. The molecular formula is C30H51NO3. The molecule has 2 bridgehead atoms. The lowest BCUT2D eigenvalue weighted by Crippen LogP contribution is -2.37. The first kappa shape index (κ1) is 27.4. The molecule has 4 heteroatoms. The van der Waals surface area contributed by atoms with E-state index in [1.807, 2.05) is 6.08 Å². The van der Waals surface area contributed by atoms with E-state index in [1.165, 1.54) is 19.3 Å². The minimum absolute atomic E-state index is 0.133. The number of carbonyl (C=O) groups excluding carboxylic acids is 2. The van der Waals surface area contributed by atoms with Gasteiger partial charge in [0.05, 0.1) is 6.10 Å². The van der Waals surface area contributed by atoms with Crippen LogP contribution in [-0.4, -0.2) is 40.4 Å². The quantitative estimate of drug-likeness (QED) is 0.235. The number of aliphatic hydroxyl groups is 1. The number of likely N-dealkylation sites (tertiary alicyclic amines) is 1. The Hall–Kier alpha value is -1.16. The predicted molar refractivity (Wildman–Crippen MR) is 139 cm³/mol. The average molecular weight is 474 g/mol. The van der Waals surface area contributed by atoms with Crippen LogP contribution < -0.4 is 0 Å². The normalized spacial score (nSPS) is 31.5. The van der Waals surface area contributed by atoms with Crippen molar-refractivity contribution in [2.45, 2.75) is 136 Å². The number of amides is 1. The maximum absolute atomic E-state index is 12.9. The van der Waals surface area contributed by atoms with Gasteiger partial charge in [-0.3, -0.25) is 9.59 Å². The molecule has 2 aliphatic carbocycles. The first-order valence-electron chi connectivity index (χ1n) is 14.3. The fourth-order valence-corrected chi connectivity index (χ4v) is 7.40. The van der Waals surface area contributed by atoms with Crippen molar-refractivity contribution in [3.8, 4) is 0 Å². The van der Waals surface area contributed by atoms with Crippen LogP contribution in [0.15, 0.2) is 12.2 Å². The van der Waals surface area contributed by atoms with Gasteiger partial charge in [-0.1, -0.05) is 78.4 Å². The molecule has 2 unspecified atom stereocenters. The standard InChI is InChI=1S/C30H51NO3/c1-5-6-9-12-25(32)17-15-23-16-18-27(33)26(23)13-10-7-8-11-14-28(34)31-22-30(4)20-24(31)19-29(2,3)21-30/h15,17,23-26,32H,5-14,16,18-22H2,1-4H3/b17-15+/t23-,24?,25-,26+,30?/m0/s1. The van der Waals surface area contributed by atoms with Gasteiger partial charge in [0.1, 0.15) is 5.78 Å². The number of hydrogen-bond acceptors (Lipinski definition) is 3. The largest absolute Gasteiger partial charge is 0.389 e. The highest BCUT2D eigenvalue weighted by atomic mass is 16.3. The molecule has 1 N–H and O–H groups in total. The van der Waals surface area contributed by atoms with Crippen molar-refractivity contribution in [3.63, 3.8) is 0 Å². The van der Waals surface area contributed by atoms with E-state index in [-0.39, 0.29) is 12.0 Å². The molecule has 0 aromatic heterocycles. The third-order valence-corrected chi connectivity index (χ3v) is 8.73. The van der Waals surface area contributed by atoms with Crippen molar-refractivity contribution in [1.82, 2.24) is 4.90 Å². The molecule has 3 fully saturated rings. The third kappa shape index (κ3) is 7.67. The summed E-state index contributed by atoms with van der Waals surface area (Å²) in [4.78, 5) is 27.6. The summed E-state index contributed by atoms with van der Waals surface area (Å²) < 4.78 is 0. The van der Waals surface area contributed by atoms with Crippen LogP contribution in [-0.2, 0) is 9.59 Å². The molecule has 1 amide bonds. The molecule has 194 valence electrons. The summed E-state index contributed by atoms with van der Waals surface area (Å²) in [5, 5.41) is 10.2. The van der Waals surface area contributed by atoms with Gasteiger partial charge in [-0.05, 0) is 61.7 Å². The lowest BCUT2D eigenvalue weighted by atomic mass is 9.65. The SMILES string of the molecule is CCCCC[C@H](O)/C=C/[C@H]1CCC(=O)[C@@H]1CCCCCCC(=O)N1CC2(C)CC1CC(C)(C)C2. The van der Waals surface area contributed by atoms with Gasteiger partial charge in [-0.15, -0.1) is 0 Å². The number of nitrogens with zero attached hydrogens (tertiary/aromatic N) is 1. The van der Waals surface area contributed by atoms with E-state index < -0.39 is 0 Å². The zero-order valence-corrected chi connectivity index (χ0v) is 22.5. The molecule has 4 nitrogen and oxygen atoms in total. The fraction of sp³-hybridized carbons (Fsp3) is 0.867. The van der Waals surface area contributed by atoms with Crippen LogP contribution in [0.1, 0.15) is 124 Å². The van der Waals surface area contributed by atoms with E-state index >= 15 is 0 Å². The summed E-state index contributed by atoms with van der Waals surface area (Å²) in [6.45, 7) is 10.2. The number of ketones is 1. The highest BCUT2D eigenvalue weighted by Gasteiger charge is 2.50.